The third-order valence-electron chi connectivity index (χ3n) is 4.92. The van der Waals surface area contributed by atoms with Crippen LogP contribution >= 0.6 is 11.3 Å². The monoisotopic (exact) mass is 405 g/mol. The minimum Gasteiger partial charge on any atom is -0.325 e. The zero-order chi connectivity index (χ0) is 20.2. The number of imidazole rings is 1. The van der Waals surface area contributed by atoms with Gasteiger partial charge in [0, 0.05) is 35.6 Å². The molecule has 0 fully saturated rings. The van der Waals surface area contributed by atoms with Crippen molar-refractivity contribution in [2.75, 3.05) is 5.32 Å². The van der Waals surface area contributed by atoms with Gasteiger partial charge in [0.15, 0.2) is 0 Å². The smallest absolute Gasteiger partial charge is 0.325 e. The van der Waals surface area contributed by atoms with Crippen LogP contribution in [0.1, 0.15) is 19.8 Å². The number of fused-ring (bicyclic) bond motifs is 1. The highest BCUT2D eigenvalue weighted by molar-refractivity contribution is 7.13. The molecule has 0 spiro atoms. The lowest BCUT2D eigenvalue weighted by Crippen LogP contribution is -2.26. The summed E-state index contributed by atoms with van der Waals surface area (Å²) in [6, 6.07) is 19.6. The Bertz CT molecular complexity index is 1190. The molecule has 0 saturated carbocycles. The molecule has 0 radical (unpaired) electrons. The van der Waals surface area contributed by atoms with Crippen LogP contribution in [-0.4, -0.2) is 15.0 Å². The van der Waals surface area contributed by atoms with Gasteiger partial charge in [0.25, 0.3) is 0 Å². The normalized spacial score (nSPS) is 11.1. The number of amides is 1. The largest absolute Gasteiger partial charge is 0.329 e. The lowest BCUT2D eigenvalue weighted by Gasteiger charge is -2.10. The van der Waals surface area contributed by atoms with E-state index in [0.717, 1.165) is 33.6 Å². The first kappa shape index (κ1) is 19.2. The summed E-state index contributed by atoms with van der Waals surface area (Å²) in [7, 11) is 0. The summed E-state index contributed by atoms with van der Waals surface area (Å²) >= 11 is 1.64. The first-order valence-electron chi connectivity index (χ1n) is 9.80. The number of benzene rings is 2. The molecular weight excluding hydrogens is 382 g/mol. The summed E-state index contributed by atoms with van der Waals surface area (Å²) in [6.07, 6.45) is 1.12. The van der Waals surface area contributed by atoms with Crippen molar-refractivity contribution in [3.05, 3.63) is 76.5 Å². The number of nitrogens with zero attached hydrogens (tertiary/aromatic N) is 2. The van der Waals surface area contributed by atoms with Crippen molar-refractivity contribution in [1.29, 1.82) is 0 Å². The molecule has 0 unspecified atom stereocenters. The maximum absolute atomic E-state index is 12.9. The number of para-hydroxylation sites is 3. The number of nitrogens with one attached hydrogen (secondary N) is 1. The molecular formula is C23H23N3O2S. The minimum atomic E-state index is -0.103. The van der Waals surface area contributed by atoms with E-state index in [9.17, 15) is 9.59 Å². The second kappa shape index (κ2) is 8.49. The Morgan fingerprint density at radius 2 is 1.62 bits per heavy atom. The van der Waals surface area contributed by atoms with Crippen LogP contribution < -0.4 is 11.0 Å². The van der Waals surface area contributed by atoms with Crippen LogP contribution in [0.3, 0.4) is 0 Å². The molecule has 0 aliphatic carbocycles. The second-order valence-corrected chi connectivity index (χ2v) is 7.84. The number of anilines is 1. The fraction of sp³-hybridized carbons (Fsp3) is 0.217. The zero-order valence-electron chi connectivity index (χ0n) is 16.3. The summed E-state index contributed by atoms with van der Waals surface area (Å²) in [6.45, 7) is 3.08. The molecule has 0 bridgehead atoms. The molecule has 5 nitrogen and oxygen atoms in total. The van der Waals surface area contributed by atoms with Crippen molar-refractivity contribution < 1.29 is 4.79 Å². The van der Waals surface area contributed by atoms with Gasteiger partial charge in [-0.3, -0.25) is 13.9 Å². The average Bonchev–Trinajstić information content (AvgIpc) is 3.35. The van der Waals surface area contributed by atoms with Crippen molar-refractivity contribution in [2.45, 2.75) is 32.9 Å². The summed E-state index contributed by atoms with van der Waals surface area (Å²) in [4.78, 5) is 26.6. The van der Waals surface area contributed by atoms with Crippen molar-refractivity contribution in [2.24, 2.45) is 0 Å². The lowest BCUT2D eigenvalue weighted by molar-refractivity contribution is -0.116. The van der Waals surface area contributed by atoms with Crippen molar-refractivity contribution >= 4 is 34.0 Å². The standard InChI is InChI=1S/C23H23N3O2S/c1-2-14-25-19-10-5-6-11-20(19)26(23(25)28)15-13-22(27)24-18-9-4-3-8-17(18)21-12-7-16-29-21/h3-12,16H,2,13-15H2,1H3,(H,24,27). The number of carbonyl (C=O) groups is 1. The SMILES string of the molecule is CCCn1c(=O)n(CCC(=O)Nc2ccccc2-c2cccs2)c2ccccc21. The highest BCUT2D eigenvalue weighted by Gasteiger charge is 2.14. The molecule has 29 heavy (non-hydrogen) atoms. The number of aryl methyl sites for hydroxylation is 2. The second-order valence-electron chi connectivity index (χ2n) is 6.90. The summed E-state index contributed by atoms with van der Waals surface area (Å²) in [5.74, 6) is -0.103. The number of aromatic nitrogens is 2. The molecule has 4 aromatic rings. The quantitative estimate of drug-likeness (QED) is 0.472. The summed E-state index contributed by atoms with van der Waals surface area (Å²) < 4.78 is 3.50. The predicted molar refractivity (Wildman–Crippen MR) is 119 cm³/mol. The maximum atomic E-state index is 12.9. The molecule has 2 heterocycles. The van der Waals surface area contributed by atoms with E-state index in [-0.39, 0.29) is 18.0 Å². The Morgan fingerprint density at radius 1 is 0.931 bits per heavy atom. The molecule has 0 atom stereocenters. The Morgan fingerprint density at radius 3 is 2.31 bits per heavy atom. The van der Waals surface area contributed by atoms with Crippen LogP contribution in [0.5, 0.6) is 0 Å². The van der Waals surface area contributed by atoms with E-state index in [0.29, 0.717) is 13.1 Å². The van der Waals surface area contributed by atoms with Gasteiger partial charge in [0.05, 0.1) is 11.0 Å². The van der Waals surface area contributed by atoms with E-state index in [4.69, 9.17) is 0 Å². The number of carbonyl (C=O) groups excluding carboxylic acids is 1. The van der Waals surface area contributed by atoms with Gasteiger partial charge in [0.2, 0.25) is 5.91 Å². The molecule has 1 N–H and O–H groups in total. The highest BCUT2D eigenvalue weighted by atomic mass is 32.1. The summed E-state index contributed by atoms with van der Waals surface area (Å²) in [5, 5.41) is 5.03. The van der Waals surface area contributed by atoms with E-state index in [1.54, 1.807) is 20.5 Å². The molecule has 0 saturated heterocycles. The van der Waals surface area contributed by atoms with Crippen LogP contribution in [0, 0.1) is 0 Å². The van der Waals surface area contributed by atoms with Crippen LogP contribution in [0.4, 0.5) is 5.69 Å². The highest BCUT2D eigenvalue weighted by Crippen LogP contribution is 2.31. The van der Waals surface area contributed by atoms with Gasteiger partial charge in [-0.1, -0.05) is 43.3 Å². The van der Waals surface area contributed by atoms with Gasteiger partial charge >= 0.3 is 5.69 Å². The zero-order valence-corrected chi connectivity index (χ0v) is 17.1. The number of thiophene rings is 1. The summed E-state index contributed by atoms with van der Waals surface area (Å²) in [5.41, 5.74) is 3.54. The minimum absolute atomic E-state index is 0.0557. The molecule has 148 valence electrons. The van der Waals surface area contributed by atoms with E-state index in [1.165, 1.54) is 0 Å². The first-order chi connectivity index (χ1) is 14.2. The van der Waals surface area contributed by atoms with Crippen LogP contribution in [0.15, 0.2) is 70.8 Å². The van der Waals surface area contributed by atoms with E-state index < -0.39 is 0 Å². The van der Waals surface area contributed by atoms with E-state index in [1.807, 2.05) is 66.0 Å². The molecule has 4 rings (SSSR count). The molecule has 2 aromatic carbocycles. The topological polar surface area (TPSA) is 56.0 Å². The van der Waals surface area contributed by atoms with Gasteiger partial charge in [-0.2, -0.15) is 0 Å². The number of hydrogen-bond donors (Lipinski definition) is 1. The molecule has 6 heteroatoms. The van der Waals surface area contributed by atoms with Gasteiger partial charge in [-0.25, -0.2) is 4.79 Å². The van der Waals surface area contributed by atoms with Crippen LogP contribution in [0.2, 0.25) is 0 Å². The predicted octanol–water partition coefficient (Wildman–Crippen LogP) is 4.97. The first-order valence-corrected chi connectivity index (χ1v) is 10.7. The van der Waals surface area contributed by atoms with Gasteiger partial charge in [0.1, 0.15) is 0 Å². The van der Waals surface area contributed by atoms with Crippen molar-refractivity contribution in [1.82, 2.24) is 9.13 Å². The Kier molecular flexibility index (Phi) is 5.62. The molecule has 0 aliphatic heterocycles. The van der Waals surface area contributed by atoms with Crippen molar-refractivity contribution in [3.8, 4) is 10.4 Å². The average molecular weight is 406 g/mol. The number of rotatable bonds is 7. The van der Waals surface area contributed by atoms with E-state index in [2.05, 4.69) is 12.2 Å². The van der Waals surface area contributed by atoms with E-state index >= 15 is 0 Å². The number of hydrogen-bond acceptors (Lipinski definition) is 3. The Hall–Kier alpha value is -3.12. The Balaban J connectivity index is 1.53. The fourth-order valence-corrected chi connectivity index (χ4v) is 4.36. The van der Waals surface area contributed by atoms with Crippen LogP contribution in [0.25, 0.3) is 21.5 Å². The Labute approximate surface area is 173 Å². The van der Waals surface area contributed by atoms with Crippen LogP contribution in [-0.2, 0) is 17.9 Å². The third kappa shape index (κ3) is 3.89. The van der Waals surface area contributed by atoms with Crippen molar-refractivity contribution in [3.63, 3.8) is 0 Å². The third-order valence-corrected chi connectivity index (χ3v) is 5.83. The molecule has 2 aromatic heterocycles. The maximum Gasteiger partial charge on any atom is 0.329 e. The van der Waals surface area contributed by atoms with Gasteiger partial charge < -0.3 is 5.32 Å². The van der Waals surface area contributed by atoms with Gasteiger partial charge in [-0.05, 0) is 36.1 Å². The molecule has 0 aliphatic rings. The molecule has 1 amide bonds. The lowest BCUT2D eigenvalue weighted by atomic mass is 10.1. The fourth-order valence-electron chi connectivity index (χ4n) is 3.59. The van der Waals surface area contributed by atoms with Gasteiger partial charge in [-0.15, -0.1) is 11.3 Å².